The van der Waals surface area contributed by atoms with Crippen molar-refractivity contribution in [1.29, 1.82) is 0 Å². The van der Waals surface area contributed by atoms with Gasteiger partial charge in [-0.3, -0.25) is 9.59 Å². The van der Waals surface area contributed by atoms with Crippen LogP contribution in [0, 0.1) is 0 Å². The second-order valence-electron chi connectivity index (χ2n) is 8.06. The smallest absolute Gasteiger partial charge is 0.295 e. The van der Waals surface area contributed by atoms with Gasteiger partial charge in [0.25, 0.3) is 11.7 Å². The Morgan fingerprint density at radius 3 is 2.26 bits per heavy atom. The molecular weight excluding hydrogens is 448 g/mol. The van der Waals surface area contributed by atoms with E-state index in [-0.39, 0.29) is 11.3 Å². The van der Waals surface area contributed by atoms with Gasteiger partial charge in [-0.2, -0.15) is 0 Å². The average Bonchev–Trinajstić information content (AvgIpc) is 3.13. The maximum Gasteiger partial charge on any atom is 0.295 e. The van der Waals surface area contributed by atoms with E-state index in [1.165, 1.54) is 19.1 Å². The molecule has 1 amide bonds. The van der Waals surface area contributed by atoms with Crippen LogP contribution in [0.3, 0.4) is 0 Å². The number of methoxy groups -OCH3 is 2. The van der Waals surface area contributed by atoms with Crippen molar-refractivity contribution in [3.8, 4) is 17.2 Å². The van der Waals surface area contributed by atoms with Crippen molar-refractivity contribution in [2.75, 3.05) is 47.0 Å². The summed E-state index contributed by atoms with van der Waals surface area (Å²) in [4.78, 5) is 30.2. The van der Waals surface area contributed by atoms with Gasteiger partial charge < -0.3 is 29.1 Å². The van der Waals surface area contributed by atoms with Crippen molar-refractivity contribution in [2.24, 2.45) is 0 Å². The number of Topliss-reactive ketones (excluding diaryl/α,β-unsaturated/α-hetero) is 1. The van der Waals surface area contributed by atoms with E-state index >= 15 is 0 Å². The summed E-state index contributed by atoms with van der Waals surface area (Å²) >= 11 is 0. The molecule has 1 heterocycles. The first kappa shape index (κ1) is 26.1. The molecule has 1 aliphatic rings. The molecule has 1 atom stereocenters. The van der Waals surface area contributed by atoms with Gasteiger partial charge in [0.2, 0.25) is 0 Å². The number of aliphatic hydroxyl groups excluding tert-OH is 1. The molecule has 0 radical (unpaired) electrons. The van der Waals surface area contributed by atoms with Crippen LogP contribution in [-0.2, 0) is 9.59 Å². The fourth-order valence-corrected chi connectivity index (χ4v) is 4.38. The second kappa shape index (κ2) is 11.8. The third-order valence-corrected chi connectivity index (χ3v) is 6.26. The largest absolute Gasteiger partial charge is 0.507 e. The van der Waals surface area contributed by atoms with E-state index < -0.39 is 17.7 Å². The van der Waals surface area contributed by atoms with Crippen molar-refractivity contribution >= 4 is 17.4 Å². The first-order valence-corrected chi connectivity index (χ1v) is 11.9. The fraction of sp³-hybridized carbons (Fsp3) is 0.407. The van der Waals surface area contributed by atoms with Crippen molar-refractivity contribution in [3.05, 3.63) is 59.2 Å². The molecule has 0 aliphatic carbocycles. The lowest BCUT2D eigenvalue weighted by Gasteiger charge is -2.29. The summed E-state index contributed by atoms with van der Waals surface area (Å²) < 4.78 is 16.6. The van der Waals surface area contributed by atoms with E-state index in [4.69, 9.17) is 14.2 Å². The normalized spacial score (nSPS) is 17.2. The van der Waals surface area contributed by atoms with Crippen molar-refractivity contribution in [1.82, 2.24) is 9.80 Å². The zero-order valence-electron chi connectivity index (χ0n) is 21.0. The fourth-order valence-electron chi connectivity index (χ4n) is 4.38. The number of benzene rings is 2. The minimum atomic E-state index is -0.831. The molecule has 1 saturated heterocycles. The van der Waals surface area contributed by atoms with E-state index in [2.05, 4.69) is 4.90 Å². The number of carbonyl (C=O) groups excluding carboxylic acids is 2. The van der Waals surface area contributed by atoms with Gasteiger partial charge in [0.05, 0.1) is 32.4 Å². The predicted molar refractivity (Wildman–Crippen MR) is 134 cm³/mol. The molecule has 0 saturated carbocycles. The highest BCUT2D eigenvalue weighted by atomic mass is 16.5. The maximum absolute atomic E-state index is 13.3. The summed E-state index contributed by atoms with van der Waals surface area (Å²) in [6, 6.07) is 11.3. The van der Waals surface area contributed by atoms with Gasteiger partial charge in [-0.25, -0.2) is 0 Å². The third kappa shape index (κ3) is 5.27. The highest BCUT2D eigenvalue weighted by Gasteiger charge is 2.47. The minimum absolute atomic E-state index is 0.0188. The molecule has 0 aromatic heterocycles. The molecule has 188 valence electrons. The Balaban J connectivity index is 2.16. The van der Waals surface area contributed by atoms with E-state index in [1.54, 1.807) is 42.5 Å². The number of ketones is 1. The zero-order valence-corrected chi connectivity index (χ0v) is 21.0. The number of likely N-dealkylation sites (tertiary alicyclic amines) is 1. The molecule has 8 nitrogen and oxygen atoms in total. The van der Waals surface area contributed by atoms with Crippen molar-refractivity contribution in [3.63, 3.8) is 0 Å². The first-order chi connectivity index (χ1) is 16.9. The van der Waals surface area contributed by atoms with Crippen molar-refractivity contribution < 1.29 is 28.9 Å². The standard InChI is InChI=1S/C27H34N2O6/c1-6-28(7-2)16-17-29-23(20-10-9-11-21(33-4)26(20)34-5)22(25(31)27(29)32)24(30)18-12-14-19(15-13-18)35-8-3/h9-15,23,30H,6-8,16-17H2,1-5H3/b24-22-. The number of rotatable bonds is 11. The SMILES string of the molecule is CCOc1ccc(/C(O)=C2/C(=O)C(=O)N(CCN(CC)CC)C2c2cccc(OC)c2OC)cc1. The number of nitrogens with zero attached hydrogens (tertiary/aromatic N) is 2. The first-order valence-electron chi connectivity index (χ1n) is 11.9. The van der Waals surface area contributed by atoms with Crippen LogP contribution in [0.2, 0.25) is 0 Å². The van der Waals surface area contributed by atoms with Gasteiger partial charge in [-0.15, -0.1) is 0 Å². The maximum atomic E-state index is 13.3. The Hall–Kier alpha value is -3.52. The summed E-state index contributed by atoms with van der Waals surface area (Å²) in [7, 11) is 3.04. The highest BCUT2D eigenvalue weighted by Crippen LogP contribution is 2.45. The number of hydrogen-bond donors (Lipinski definition) is 1. The third-order valence-electron chi connectivity index (χ3n) is 6.26. The summed E-state index contributed by atoms with van der Waals surface area (Å²) in [6.07, 6.45) is 0. The van der Waals surface area contributed by atoms with Gasteiger partial charge in [0, 0.05) is 24.2 Å². The molecular formula is C27H34N2O6. The molecule has 1 unspecified atom stereocenters. The van der Waals surface area contributed by atoms with Crippen LogP contribution in [-0.4, -0.2) is 73.6 Å². The molecule has 3 rings (SSSR count). The highest BCUT2D eigenvalue weighted by molar-refractivity contribution is 6.46. The van der Waals surface area contributed by atoms with E-state index in [0.717, 1.165) is 13.1 Å². The number of ether oxygens (including phenoxy) is 3. The number of para-hydroxylation sites is 1. The Bertz CT molecular complexity index is 1080. The van der Waals surface area contributed by atoms with E-state index in [1.807, 2.05) is 20.8 Å². The van der Waals surface area contributed by atoms with Gasteiger partial charge in [0.15, 0.2) is 11.5 Å². The lowest BCUT2D eigenvalue weighted by atomic mass is 9.94. The van der Waals surface area contributed by atoms with Crippen molar-refractivity contribution in [2.45, 2.75) is 26.8 Å². The summed E-state index contributed by atoms with van der Waals surface area (Å²) in [5, 5.41) is 11.3. The van der Waals surface area contributed by atoms with Crippen LogP contribution in [0.25, 0.3) is 5.76 Å². The van der Waals surface area contributed by atoms with Gasteiger partial charge in [0.1, 0.15) is 11.5 Å². The lowest BCUT2D eigenvalue weighted by Crippen LogP contribution is -2.38. The Morgan fingerprint density at radius 2 is 1.69 bits per heavy atom. The average molecular weight is 483 g/mol. The zero-order chi connectivity index (χ0) is 25.5. The van der Waals surface area contributed by atoms with E-state index in [0.29, 0.717) is 48.1 Å². The Morgan fingerprint density at radius 1 is 1.00 bits per heavy atom. The van der Waals surface area contributed by atoms with Crippen LogP contribution < -0.4 is 14.2 Å². The summed E-state index contributed by atoms with van der Waals surface area (Å²) in [5.74, 6) is -0.0978. The molecule has 1 N–H and O–H groups in total. The molecule has 0 spiro atoms. The monoisotopic (exact) mass is 482 g/mol. The van der Waals surface area contributed by atoms with Gasteiger partial charge >= 0.3 is 0 Å². The molecule has 35 heavy (non-hydrogen) atoms. The van der Waals surface area contributed by atoms with Crippen LogP contribution in [0.1, 0.15) is 37.9 Å². The van der Waals surface area contributed by atoms with Crippen LogP contribution in [0.5, 0.6) is 17.2 Å². The Labute approximate surface area is 206 Å². The Kier molecular flexibility index (Phi) is 8.76. The van der Waals surface area contributed by atoms with Crippen LogP contribution in [0.15, 0.2) is 48.0 Å². The molecule has 1 aliphatic heterocycles. The molecule has 2 aromatic rings. The number of carbonyl (C=O) groups is 2. The molecule has 2 aromatic carbocycles. The van der Waals surface area contributed by atoms with Crippen LogP contribution >= 0.6 is 0 Å². The topological polar surface area (TPSA) is 88.5 Å². The minimum Gasteiger partial charge on any atom is -0.507 e. The van der Waals surface area contributed by atoms with Crippen LogP contribution in [0.4, 0.5) is 0 Å². The van der Waals surface area contributed by atoms with Gasteiger partial charge in [-0.1, -0.05) is 26.0 Å². The van der Waals surface area contributed by atoms with Gasteiger partial charge in [-0.05, 0) is 50.3 Å². The quantitative estimate of drug-likeness (QED) is 0.296. The van der Waals surface area contributed by atoms with E-state index in [9.17, 15) is 14.7 Å². The number of aliphatic hydroxyl groups is 1. The molecule has 0 bridgehead atoms. The number of hydrogen-bond acceptors (Lipinski definition) is 7. The summed E-state index contributed by atoms with van der Waals surface area (Å²) in [5.41, 5.74) is 1.01. The molecule has 8 heteroatoms. The number of amides is 1. The predicted octanol–water partition coefficient (Wildman–Crippen LogP) is 3.87. The second-order valence-corrected chi connectivity index (χ2v) is 8.06. The summed E-state index contributed by atoms with van der Waals surface area (Å²) in [6.45, 7) is 9.04. The number of likely N-dealkylation sites (N-methyl/N-ethyl adjacent to an activating group) is 1. The molecule has 1 fully saturated rings. The lowest BCUT2D eigenvalue weighted by molar-refractivity contribution is -0.140.